The van der Waals surface area contributed by atoms with Gasteiger partial charge < -0.3 is 10.1 Å². The summed E-state index contributed by atoms with van der Waals surface area (Å²) in [6, 6.07) is 9.83. The van der Waals surface area contributed by atoms with Crippen LogP contribution in [-0.4, -0.2) is 17.9 Å². The molecule has 0 bridgehead atoms. The second-order valence-corrected chi connectivity index (χ2v) is 7.48. The van der Waals surface area contributed by atoms with E-state index in [1.807, 2.05) is 6.07 Å². The summed E-state index contributed by atoms with van der Waals surface area (Å²) in [7, 11) is 1.61. The van der Waals surface area contributed by atoms with Crippen molar-refractivity contribution in [3.63, 3.8) is 0 Å². The van der Waals surface area contributed by atoms with Gasteiger partial charge in [0, 0.05) is 20.7 Å². The SMILES string of the molecule is CNC(=O)c1ccc(Oc2ccc3c(c2)CC(C2=CCCCCC2)C3)nc1.[HH]. The van der Waals surface area contributed by atoms with E-state index in [9.17, 15) is 4.79 Å². The Labute approximate surface area is 162 Å². The van der Waals surface area contributed by atoms with Crippen LogP contribution in [0.15, 0.2) is 48.2 Å². The van der Waals surface area contributed by atoms with Gasteiger partial charge in [-0.1, -0.05) is 24.1 Å². The summed E-state index contributed by atoms with van der Waals surface area (Å²) in [5.41, 5.74) is 5.03. The minimum Gasteiger partial charge on any atom is -0.439 e. The van der Waals surface area contributed by atoms with Crippen LogP contribution in [-0.2, 0) is 12.8 Å². The van der Waals surface area contributed by atoms with E-state index in [1.54, 1.807) is 24.8 Å². The van der Waals surface area contributed by atoms with E-state index in [0.29, 0.717) is 17.4 Å². The maximum atomic E-state index is 11.6. The Morgan fingerprint density at radius 1 is 1.15 bits per heavy atom. The van der Waals surface area contributed by atoms with E-state index in [-0.39, 0.29) is 7.33 Å². The normalized spacial score (nSPS) is 19.0. The van der Waals surface area contributed by atoms with Gasteiger partial charge >= 0.3 is 0 Å². The average Bonchev–Trinajstić information content (AvgIpc) is 2.93. The van der Waals surface area contributed by atoms with Crippen molar-refractivity contribution < 1.29 is 11.0 Å². The zero-order valence-corrected chi connectivity index (χ0v) is 15.8. The number of nitrogens with one attached hydrogen (secondary N) is 1. The number of rotatable bonds is 4. The monoisotopic (exact) mass is 364 g/mol. The molecule has 4 heteroatoms. The molecule has 0 saturated carbocycles. The lowest BCUT2D eigenvalue weighted by Gasteiger charge is -2.13. The summed E-state index contributed by atoms with van der Waals surface area (Å²) in [6.07, 6.45) is 12.9. The summed E-state index contributed by atoms with van der Waals surface area (Å²) in [5.74, 6) is 1.83. The van der Waals surface area contributed by atoms with Crippen molar-refractivity contribution in [3.05, 3.63) is 64.9 Å². The van der Waals surface area contributed by atoms with Crippen molar-refractivity contribution >= 4 is 5.91 Å². The van der Waals surface area contributed by atoms with Crippen LogP contribution < -0.4 is 10.1 Å². The Balaban J connectivity index is 0.00000225. The highest BCUT2D eigenvalue weighted by atomic mass is 16.5. The number of aromatic nitrogens is 1. The fourth-order valence-corrected chi connectivity index (χ4v) is 4.17. The van der Waals surface area contributed by atoms with E-state index in [2.05, 4.69) is 28.5 Å². The quantitative estimate of drug-likeness (QED) is 0.769. The lowest BCUT2D eigenvalue weighted by Crippen LogP contribution is -2.17. The molecule has 1 aromatic heterocycles. The number of hydrogen-bond acceptors (Lipinski definition) is 3. The lowest BCUT2D eigenvalue weighted by atomic mass is 9.92. The first-order valence-electron chi connectivity index (χ1n) is 9.89. The Morgan fingerprint density at radius 2 is 2.04 bits per heavy atom. The second kappa shape index (κ2) is 7.95. The van der Waals surface area contributed by atoms with Crippen LogP contribution >= 0.6 is 0 Å². The van der Waals surface area contributed by atoms with Gasteiger partial charge in [0.2, 0.25) is 5.88 Å². The number of fused-ring (bicyclic) bond motifs is 1. The van der Waals surface area contributed by atoms with Crippen LogP contribution in [0.2, 0.25) is 0 Å². The predicted octanol–water partition coefficient (Wildman–Crippen LogP) is 5.08. The van der Waals surface area contributed by atoms with Gasteiger partial charge in [0.25, 0.3) is 5.91 Å². The first-order valence-corrected chi connectivity index (χ1v) is 9.89. The van der Waals surface area contributed by atoms with Gasteiger partial charge in [-0.15, -0.1) is 0 Å². The van der Waals surface area contributed by atoms with Gasteiger partial charge in [0.1, 0.15) is 5.75 Å². The van der Waals surface area contributed by atoms with Crippen molar-refractivity contribution in [1.82, 2.24) is 10.3 Å². The largest absolute Gasteiger partial charge is 0.439 e. The maximum absolute atomic E-state index is 11.6. The number of hydrogen-bond donors (Lipinski definition) is 1. The molecule has 1 heterocycles. The molecule has 4 rings (SSSR count). The van der Waals surface area contributed by atoms with E-state index in [1.165, 1.54) is 49.4 Å². The van der Waals surface area contributed by atoms with E-state index in [0.717, 1.165) is 18.6 Å². The third-order valence-electron chi connectivity index (χ3n) is 5.66. The zero-order chi connectivity index (χ0) is 18.6. The number of carbonyl (C=O) groups is 1. The van der Waals surface area contributed by atoms with Gasteiger partial charge in [-0.25, -0.2) is 4.98 Å². The Bertz CT molecular complexity index is 861. The number of ether oxygens (including phenoxy) is 1. The summed E-state index contributed by atoms with van der Waals surface area (Å²) in [6.45, 7) is 0. The van der Waals surface area contributed by atoms with Crippen LogP contribution in [0.25, 0.3) is 0 Å². The smallest absolute Gasteiger partial charge is 0.252 e. The third kappa shape index (κ3) is 4.05. The number of pyridine rings is 1. The topological polar surface area (TPSA) is 51.2 Å². The Kier molecular flexibility index (Phi) is 5.23. The molecule has 1 atom stereocenters. The molecular formula is C23H28N2O2. The zero-order valence-electron chi connectivity index (χ0n) is 15.8. The Morgan fingerprint density at radius 3 is 2.85 bits per heavy atom. The molecule has 142 valence electrons. The van der Waals surface area contributed by atoms with Crippen LogP contribution in [0.3, 0.4) is 0 Å². The van der Waals surface area contributed by atoms with Crippen molar-refractivity contribution in [2.75, 3.05) is 7.05 Å². The molecule has 0 saturated heterocycles. The van der Waals surface area contributed by atoms with Gasteiger partial charge in [0.15, 0.2) is 0 Å². The molecule has 0 radical (unpaired) electrons. The summed E-state index contributed by atoms with van der Waals surface area (Å²) < 4.78 is 5.92. The summed E-state index contributed by atoms with van der Waals surface area (Å²) >= 11 is 0. The Hall–Kier alpha value is -2.62. The number of benzene rings is 1. The molecule has 4 nitrogen and oxygen atoms in total. The molecule has 2 aliphatic rings. The average molecular weight is 364 g/mol. The molecule has 0 spiro atoms. The highest BCUT2D eigenvalue weighted by Gasteiger charge is 2.25. The first kappa shape index (κ1) is 17.8. The lowest BCUT2D eigenvalue weighted by molar-refractivity contribution is 0.0962. The molecule has 27 heavy (non-hydrogen) atoms. The third-order valence-corrected chi connectivity index (χ3v) is 5.66. The molecule has 2 aromatic rings. The molecule has 2 aliphatic carbocycles. The number of nitrogens with zero attached hydrogens (tertiary/aromatic N) is 1. The molecule has 0 fully saturated rings. The minimum atomic E-state index is -0.148. The van der Waals surface area contributed by atoms with Crippen molar-refractivity contribution in [2.45, 2.75) is 44.9 Å². The predicted molar refractivity (Wildman–Crippen MR) is 108 cm³/mol. The van der Waals surface area contributed by atoms with Crippen LogP contribution in [0.4, 0.5) is 0 Å². The van der Waals surface area contributed by atoms with Crippen LogP contribution in [0.5, 0.6) is 11.6 Å². The molecule has 1 unspecified atom stereocenters. The summed E-state index contributed by atoms with van der Waals surface area (Å²) in [4.78, 5) is 15.8. The standard InChI is InChI=1S/C23H26N2O2.H2/c1-24-23(26)18-9-11-22(25-15-18)27-21-10-8-17-12-19(13-20(17)14-21)16-6-4-2-3-5-7-16;/h6,8-11,14-15,19H,2-5,7,12-13H2,1H3,(H,24,26);1H. The highest BCUT2D eigenvalue weighted by Crippen LogP contribution is 2.37. The second-order valence-electron chi connectivity index (χ2n) is 7.48. The van der Waals surface area contributed by atoms with E-state index < -0.39 is 0 Å². The maximum Gasteiger partial charge on any atom is 0.252 e. The number of allylic oxidation sites excluding steroid dienone is 2. The highest BCUT2D eigenvalue weighted by molar-refractivity contribution is 5.93. The summed E-state index contributed by atoms with van der Waals surface area (Å²) in [5, 5.41) is 2.59. The molecular weight excluding hydrogens is 336 g/mol. The van der Waals surface area contributed by atoms with E-state index in [4.69, 9.17) is 4.74 Å². The van der Waals surface area contributed by atoms with Gasteiger partial charge in [-0.05, 0) is 73.8 Å². The van der Waals surface area contributed by atoms with Crippen LogP contribution in [0.1, 0.15) is 55.0 Å². The van der Waals surface area contributed by atoms with E-state index >= 15 is 0 Å². The van der Waals surface area contributed by atoms with Crippen molar-refractivity contribution in [2.24, 2.45) is 5.92 Å². The van der Waals surface area contributed by atoms with Gasteiger partial charge in [-0.2, -0.15) is 0 Å². The molecule has 1 amide bonds. The number of carbonyl (C=O) groups excluding carboxylic acids is 1. The molecule has 1 N–H and O–H groups in total. The fourth-order valence-electron chi connectivity index (χ4n) is 4.17. The van der Waals surface area contributed by atoms with Gasteiger partial charge in [0.05, 0.1) is 5.56 Å². The minimum absolute atomic E-state index is 0. The molecule has 0 aliphatic heterocycles. The van der Waals surface area contributed by atoms with Crippen molar-refractivity contribution in [1.29, 1.82) is 0 Å². The van der Waals surface area contributed by atoms with Crippen molar-refractivity contribution in [3.8, 4) is 11.6 Å². The first-order chi connectivity index (χ1) is 13.2. The fraction of sp³-hybridized carbons (Fsp3) is 0.391. The van der Waals surface area contributed by atoms with Crippen LogP contribution in [0, 0.1) is 5.92 Å². The van der Waals surface area contributed by atoms with Gasteiger partial charge in [-0.3, -0.25) is 4.79 Å². The number of amides is 1. The molecule has 1 aromatic carbocycles.